The van der Waals surface area contributed by atoms with Crippen LogP contribution >= 0.6 is 0 Å². The second-order valence-electron chi connectivity index (χ2n) is 9.61. The Balaban J connectivity index is 1.49. The highest BCUT2D eigenvalue weighted by Gasteiger charge is 2.28. The number of hydrogen-bond acceptors (Lipinski definition) is 4. The van der Waals surface area contributed by atoms with Crippen molar-refractivity contribution < 1.29 is 14.3 Å². The Morgan fingerprint density at radius 1 is 1.12 bits per heavy atom. The summed E-state index contributed by atoms with van der Waals surface area (Å²) in [7, 11) is 1.64. The van der Waals surface area contributed by atoms with E-state index < -0.39 is 0 Å². The van der Waals surface area contributed by atoms with Crippen molar-refractivity contribution in [3.63, 3.8) is 0 Å². The van der Waals surface area contributed by atoms with Gasteiger partial charge in [-0.2, -0.15) is 0 Å². The predicted molar refractivity (Wildman–Crippen MR) is 128 cm³/mol. The Labute approximate surface area is 190 Å². The molecule has 0 unspecified atom stereocenters. The molecule has 0 radical (unpaired) electrons. The molecule has 5 heteroatoms. The van der Waals surface area contributed by atoms with Crippen LogP contribution in [0.1, 0.15) is 67.4 Å². The normalized spacial score (nSPS) is 18.7. The van der Waals surface area contributed by atoms with Gasteiger partial charge in [-0.3, -0.25) is 9.59 Å². The van der Waals surface area contributed by atoms with Crippen LogP contribution in [0.4, 0.5) is 5.69 Å². The van der Waals surface area contributed by atoms with Crippen molar-refractivity contribution in [3.8, 4) is 5.75 Å². The fourth-order valence-electron chi connectivity index (χ4n) is 4.77. The molecule has 0 spiro atoms. The van der Waals surface area contributed by atoms with Gasteiger partial charge in [-0.25, -0.2) is 0 Å². The third-order valence-corrected chi connectivity index (χ3v) is 6.39. The zero-order valence-corrected chi connectivity index (χ0v) is 19.2. The minimum Gasteiger partial charge on any atom is -0.497 e. The summed E-state index contributed by atoms with van der Waals surface area (Å²) in [5.41, 5.74) is 4.14. The number of amides is 1. The van der Waals surface area contributed by atoms with Crippen LogP contribution in [0.5, 0.6) is 5.75 Å². The van der Waals surface area contributed by atoms with Crippen LogP contribution in [-0.4, -0.2) is 24.3 Å². The molecule has 0 saturated heterocycles. The molecule has 2 N–H and O–H groups in total. The summed E-state index contributed by atoms with van der Waals surface area (Å²) in [6, 6.07) is 13.1. The molecule has 1 amide bonds. The number of anilines is 1. The quantitative estimate of drug-likeness (QED) is 0.476. The molecule has 2 aromatic carbocycles. The standard InChI is InChI=1S/C27H32N2O3/c1-27(2)17-20-10-13-22(32-3)15-23(20)24(29-27)16-25(30)19-8-11-21(12-9-19)28-26(31)14-18-6-4-5-7-18/h8-13,15-16,18,29H,4-7,14,17H2,1-3H3,(H,28,31)/b24-16-. The van der Waals surface area contributed by atoms with E-state index in [0.717, 1.165) is 42.0 Å². The molecule has 5 nitrogen and oxygen atoms in total. The first kappa shape index (κ1) is 22.1. The maximum atomic E-state index is 13.0. The van der Waals surface area contributed by atoms with E-state index in [4.69, 9.17) is 4.74 Å². The number of rotatable bonds is 6. The minimum absolute atomic E-state index is 0.0530. The van der Waals surface area contributed by atoms with Crippen LogP contribution in [0.25, 0.3) is 5.70 Å². The van der Waals surface area contributed by atoms with Crippen molar-refractivity contribution in [1.29, 1.82) is 0 Å². The number of ether oxygens (including phenoxy) is 1. The molecule has 2 aromatic rings. The van der Waals surface area contributed by atoms with E-state index in [0.29, 0.717) is 17.9 Å². The molecular formula is C27H32N2O3. The van der Waals surface area contributed by atoms with Gasteiger partial charge < -0.3 is 15.4 Å². The van der Waals surface area contributed by atoms with Gasteiger partial charge in [0, 0.05) is 40.5 Å². The smallest absolute Gasteiger partial charge is 0.224 e. The molecule has 4 rings (SSSR count). The van der Waals surface area contributed by atoms with Gasteiger partial charge in [0.25, 0.3) is 0 Å². The van der Waals surface area contributed by atoms with Crippen LogP contribution in [0, 0.1) is 5.92 Å². The zero-order chi connectivity index (χ0) is 22.7. The second-order valence-corrected chi connectivity index (χ2v) is 9.61. The summed E-state index contributed by atoms with van der Waals surface area (Å²) in [6.07, 6.45) is 7.86. The molecular weight excluding hydrogens is 400 g/mol. The SMILES string of the molecule is COc1ccc2c(c1)/C(=C/C(=O)c1ccc(NC(=O)CC3CCCC3)cc1)NC(C)(C)C2. The number of carbonyl (C=O) groups excluding carboxylic acids is 2. The Hall–Kier alpha value is -3.08. The second kappa shape index (κ2) is 9.19. The molecule has 168 valence electrons. The van der Waals surface area contributed by atoms with Crippen molar-refractivity contribution in [2.45, 2.75) is 57.9 Å². The van der Waals surface area contributed by atoms with E-state index in [1.54, 1.807) is 37.5 Å². The van der Waals surface area contributed by atoms with Gasteiger partial charge in [0.05, 0.1) is 7.11 Å². The molecule has 1 saturated carbocycles. The number of fused-ring (bicyclic) bond motifs is 1. The number of allylic oxidation sites excluding steroid dienone is 1. The summed E-state index contributed by atoms with van der Waals surface area (Å²) in [4.78, 5) is 25.3. The van der Waals surface area contributed by atoms with Crippen LogP contribution in [0.2, 0.25) is 0 Å². The van der Waals surface area contributed by atoms with Crippen LogP contribution < -0.4 is 15.4 Å². The Morgan fingerprint density at radius 2 is 1.84 bits per heavy atom. The van der Waals surface area contributed by atoms with E-state index in [1.807, 2.05) is 12.1 Å². The highest BCUT2D eigenvalue weighted by atomic mass is 16.5. The number of carbonyl (C=O) groups is 2. The number of methoxy groups -OCH3 is 1. The minimum atomic E-state index is -0.152. The van der Waals surface area contributed by atoms with E-state index in [9.17, 15) is 9.59 Å². The average Bonchev–Trinajstić information content (AvgIpc) is 3.26. The third kappa shape index (κ3) is 5.21. The van der Waals surface area contributed by atoms with E-state index in [-0.39, 0.29) is 17.2 Å². The van der Waals surface area contributed by atoms with E-state index >= 15 is 0 Å². The van der Waals surface area contributed by atoms with Crippen molar-refractivity contribution in [3.05, 3.63) is 65.2 Å². The molecule has 0 bridgehead atoms. The largest absolute Gasteiger partial charge is 0.497 e. The lowest BCUT2D eigenvalue weighted by Crippen LogP contribution is -2.43. The lowest BCUT2D eigenvalue weighted by atomic mass is 9.85. The van der Waals surface area contributed by atoms with Crippen LogP contribution in [-0.2, 0) is 11.2 Å². The zero-order valence-electron chi connectivity index (χ0n) is 19.2. The van der Waals surface area contributed by atoms with Crippen molar-refractivity contribution in [1.82, 2.24) is 5.32 Å². The van der Waals surface area contributed by atoms with Gasteiger partial charge in [0.1, 0.15) is 5.75 Å². The summed E-state index contributed by atoms with van der Waals surface area (Å²) in [5.74, 6) is 1.25. The highest BCUT2D eigenvalue weighted by molar-refractivity contribution is 6.09. The molecule has 1 fully saturated rings. The highest BCUT2D eigenvalue weighted by Crippen LogP contribution is 2.32. The van der Waals surface area contributed by atoms with Crippen molar-refractivity contribution in [2.75, 3.05) is 12.4 Å². The molecule has 1 aliphatic heterocycles. The fraction of sp³-hybridized carbons (Fsp3) is 0.407. The first-order valence-corrected chi connectivity index (χ1v) is 11.4. The lowest BCUT2D eigenvalue weighted by Gasteiger charge is -2.35. The maximum Gasteiger partial charge on any atom is 0.224 e. The molecule has 1 aliphatic carbocycles. The van der Waals surface area contributed by atoms with E-state index in [1.165, 1.54) is 18.4 Å². The van der Waals surface area contributed by atoms with Crippen LogP contribution in [0.3, 0.4) is 0 Å². The number of ketones is 1. The molecule has 0 aromatic heterocycles. The van der Waals surface area contributed by atoms with Gasteiger partial charge in [-0.15, -0.1) is 0 Å². The molecule has 1 heterocycles. The number of benzene rings is 2. The maximum absolute atomic E-state index is 13.0. The van der Waals surface area contributed by atoms with Crippen molar-refractivity contribution in [2.24, 2.45) is 5.92 Å². The summed E-state index contributed by atoms with van der Waals surface area (Å²) < 4.78 is 5.38. The number of nitrogens with one attached hydrogen (secondary N) is 2. The van der Waals surface area contributed by atoms with Gasteiger partial charge in [0.15, 0.2) is 5.78 Å². The Morgan fingerprint density at radius 3 is 2.53 bits per heavy atom. The summed E-state index contributed by atoms with van der Waals surface area (Å²) in [5, 5.41) is 6.46. The van der Waals surface area contributed by atoms with Crippen LogP contribution in [0.15, 0.2) is 48.5 Å². The van der Waals surface area contributed by atoms with Crippen molar-refractivity contribution >= 4 is 23.1 Å². The van der Waals surface area contributed by atoms with Gasteiger partial charge in [0.2, 0.25) is 5.91 Å². The molecule has 2 aliphatic rings. The predicted octanol–water partition coefficient (Wildman–Crippen LogP) is 5.36. The third-order valence-electron chi connectivity index (χ3n) is 6.39. The Bertz CT molecular complexity index is 1030. The monoisotopic (exact) mass is 432 g/mol. The number of hydrogen-bond donors (Lipinski definition) is 2. The fourth-order valence-corrected chi connectivity index (χ4v) is 4.77. The average molecular weight is 433 g/mol. The van der Waals surface area contributed by atoms with Gasteiger partial charge in [-0.1, -0.05) is 18.9 Å². The van der Waals surface area contributed by atoms with Gasteiger partial charge >= 0.3 is 0 Å². The molecule has 0 atom stereocenters. The molecule has 32 heavy (non-hydrogen) atoms. The summed E-state index contributed by atoms with van der Waals surface area (Å²) in [6.45, 7) is 4.25. The van der Waals surface area contributed by atoms with E-state index in [2.05, 4.69) is 30.5 Å². The first-order valence-electron chi connectivity index (χ1n) is 11.4. The van der Waals surface area contributed by atoms with Gasteiger partial charge in [-0.05, 0) is 81.0 Å². The topological polar surface area (TPSA) is 67.4 Å². The lowest BCUT2D eigenvalue weighted by molar-refractivity contribution is -0.117. The first-order chi connectivity index (χ1) is 15.3. The summed E-state index contributed by atoms with van der Waals surface area (Å²) >= 11 is 0. The Kier molecular flexibility index (Phi) is 6.35.